The normalized spacial score (nSPS) is 10.3. The molecule has 0 bridgehead atoms. The highest BCUT2D eigenvalue weighted by Crippen LogP contribution is 2.29. The SMILES string of the molecule is [N-]=[N+]=NC(=O)c1ccccc1-c1nc2cc([N+](=O)[O-])ccc2o1. The third-order valence-electron chi connectivity index (χ3n) is 3.11. The highest BCUT2D eigenvalue weighted by molar-refractivity contribution is 6.00. The molecule has 0 fully saturated rings. The van der Waals surface area contributed by atoms with Crippen LogP contribution in [0.25, 0.3) is 33.0 Å². The first-order chi connectivity index (χ1) is 11.1. The van der Waals surface area contributed by atoms with Crippen LogP contribution in [0.3, 0.4) is 0 Å². The van der Waals surface area contributed by atoms with Gasteiger partial charge in [0, 0.05) is 28.2 Å². The van der Waals surface area contributed by atoms with Crippen molar-refractivity contribution in [2.45, 2.75) is 0 Å². The van der Waals surface area contributed by atoms with Crippen molar-refractivity contribution in [1.29, 1.82) is 0 Å². The largest absolute Gasteiger partial charge is 0.436 e. The first-order valence-corrected chi connectivity index (χ1v) is 6.34. The third kappa shape index (κ3) is 2.59. The molecule has 0 aliphatic heterocycles. The molecule has 0 aliphatic carbocycles. The summed E-state index contributed by atoms with van der Waals surface area (Å²) in [5.41, 5.74) is 9.38. The summed E-state index contributed by atoms with van der Waals surface area (Å²) in [5, 5.41) is 13.8. The van der Waals surface area contributed by atoms with E-state index in [0.29, 0.717) is 16.7 Å². The third-order valence-corrected chi connectivity index (χ3v) is 3.11. The predicted octanol–water partition coefficient (Wildman–Crippen LogP) is 3.85. The average Bonchev–Trinajstić information content (AvgIpc) is 2.98. The van der Waals surface area contributed by atoms with E-state index in [1.54, 1.807) is 18.2 Å². The smallest absolute Gasteiger partial charge is 0.271 e. The molecule has 1 heterocycles. The molecular weight excluding hydrogens is 302 g/mol. The summed E-state index contributed by atoms with van der Waals surface area (Å²) in [6.45, 7) is 0. The number of carbonyl (C=O) groups is 1. The topological polar surface area (TPSA) is 135 Å². The molecule has 23 heavy (non-hydrogen) atoms. The van der Waals surface area contributed by atoms with E-state index in [1.165, 1.54) is 24.3 Å². The maximum absolute atomic E-state index is 11.8. The van der Waals surface area contributed by atoms with E-state index in [1.807, 2.05) is 0 Å². The molecule has 0 N–H and O–H groups in total. The molecule has 3 rings (SSSR count). The van der Waals surface area contributed by atoms with Crippen molar-refractivity contribution < 1.29 is 14.1 Å². The number of nitro benzene ring substituents is 1. The van der Waals surface area contributed by atoms with Crippen LogP contribution in [-0.4, -0.2) is 15.8 Å². The van der Waals surface area contributed by atoms with Crippen molar-refractivity contribution in [2.24, 2.45) is 5.11 Å². The van der Waals surface area contributed by atoms with Crippen LogP contribution in [-0.2, 0) is 0 Å². The van der Waals surface area contributed by atoms with Gasteiger partial charge in [0.25, 0.3) is 5.69 Å². The maximum atomic E-state index is 11.8. The van der Waals surface area contributed by atoms with Crippen molar-refractivity contribution >= 4 is 22.7 Å². The van der Waals surface area contributed by atoms with Gasteiger partial charge in [-0.1, -0.05) is 18.2 Å². The van der Waals surface area contributed by atoms with E-state index in [0.717, 1.165) is 0 Å². The zero-order valence-corrected chi connectivity index (χ0v) is 11.4. The fourth-order valence-electron chi connectivity index (χ4n) is 2.10. The highest BCUT2D eigenvalue weighted by Gasteiger charge is 2.17. The number of nitrogens with zero attached hydrogens (tertiary/aromatic N) is 5. The molecular formula is C14H7N5O4. The van der Waals surface area contributed by atoms with Gasteiger partial charge in [-0.05, 0) is 22.8 Å². The summed E-state index contributed by atoms with van der Waals surface area (Å²) in [5.74, 6) is -0.658. The van der Waals surface area contributed by atoms with Crippen LogP contribution in [0.15, 0.2) is 52.0 Å². The van der Waals surface area contributed by atoms with Crippen LogP contribution < -0.4 is 0 Å². The number of hydrogen-bond donors (Lipinski definition) is 0. The fraction of sp³-hybridized carbons (Fsp3) is 0. The monoisotopic (exact) mass is 309 g/mol. The standard InChI is InChI=1S/C14H7N5O4/c15-18-17-13(20)9-3-1-2-4-10(9)14-16-11-7-8(19(21)22)5-6-12(11)23-14/h1-7H. The van der Waals surface area contributed by atoms with Crippen LogP contribution in [0, 0.1) is 10.1 Å². The molecule has 1 amide bonds. The number of nitro groups is 1. The lowest BCUT2D eigenvalue weighted by atomic mass is 10.1. The van der Waals surface area contributed by atoms with Crippen LogP contribution in [0.2, 0.25) is 0 Å². The Bertz CT molecular complexity index is 988. The second-order valence-electron chi connectivity index (χ2n) is 4.47. The first-order valence-electron chi connectivity index (χ1n) is 6.34. The van der Waals surface area contributed by atoms with E-state index < -0.39 is 10.8 Å². The summed E-state index contributed by atoms with van der Waals surface area (Å²) in [6.07, 6.45) is 0. The fourth-order valence-corrected chi connectivity index (χ4v) is 2.10. The van der Waals surface area contributed by atoms with Crippen molar-refractivity contribution in [3.05, 3.63) is 68.6 Å². The lowest BCUT2D eigenvalue weighted by Crippen LogP contribution is -1.96. The van der Waals surface area contributed by atoms with Crippen LogP contribution in [0.4, 0.5) is 5.69 Å². The molecule has 0 radical (unpaired) electrons. The van der Waals surface area contributed by atoms with E-state index in [-0.39, 0.29) is 17.1 Å². The molecule has 0 spiro atoms. The summed E-state index contributed by atoms with van der Waals surface area (Å²) >= 11 is 0. The number of aromatic nitrogens is 1. The van der Waals surface area contributed by atoms with Gasteiger partial charge >= 0.3 is 0 Å². The quantitative estimate of drug-likeness (QED) is 0.238. The second kappa shape index (κ2) is 5.58. The van der Waals surface area contributed by atoms with Crippen LogP contribution >= 0.6 is 0 Å². The number of rotatable bonds is 3. The molecule has 9 heteroatoms. The number of carbonyl (C=O) groups excluding carboxylic acids is 1. The average molecular weight is 309 g/mol. The number of benzene rings is 2. The Kier molecular flexibility index (Phi) is 3.46. The molecule has 112 valence electrons. The molecule has 0 atom stereocenters. The number of fused-ring (bicyclic) bond motifs is 1. The van der Waals surface area contributed by atoms with Gasteiger partial charge in [0.2, 0.25) is 11.8 Å². The lowest BCUT2D eigenvalue weighted by Gasteiger charge is -2.01. The van der Waals surface area contributed by atoms with Crippen molar-refractivity contribution in [1.82, 2.24) is 4.98 Å². The number of azide groups is 1. The Balaban J connectivity index is 2.16. The van der Waals surface area contributed by atoms with Gasteiger partial charge < -0.3 is 4.42 Å². The molecule has 0 aliphatic rings. The Morgan fingerprint density at radius 2 is 2.09 bits per heavy atom. The molecule has 3 aromatic rings. The van der Waals surface area contributed by atoms with Crippen molar-refractivity contribution in [3.63, 3.8) is 0 Å². The van der Waals surface area contributed by atoms with Gasteiger partial charge in [-0.25, -0.2) is 4.98 Å². The summed E-state index contributed by atoms with van der Waals surface area (Å²) in [7, 11) is 0. The number of oxazole rings is 1. The van der Waals surface area contributed by atoms with E-state index in [9.17, 15) is 14.9 Å². The zero-order valence-electron chi connectivity index (χ0n) is 11.4. The first kappa shape index (κ1) is 14.2. The maximum Gasteiger partial charge on any atom is 0.271 e. The highest BCUT2D eigenvalue weighted by atomic mass is 16.6. The number of non-ortho nitro benzene ring substituents is 1. The lowest BCUT2D eigenvalue weighted by molar-refractivity contribution is -0.384. The number of hydrogen-bond acceptors (Lipinski definition) is 5. The Hall–Kier alpha value is -3.71. The molecule has 2 aromatic carbocycles. The molecule has 0 unspecified atom stereocenters. The zero-order chi connectivity index (χ0) is 16.4. The minimum absolute atomic E-state index is 0.109. The Labute approximate surface area is 127 Å². The van der Waals surface area contributed by atoms with Gasteiger partial charge in [0.15, 0.2) is 5.58 Å². The predicted molar refractivity (Wildman–Crippen MR) is 79.6 cm³/mol. The van der Waals surface area contributed by atoms with Gasteiger partial charge in [0.1, 0.15) is 5.52 Å². The minimum atomic E-state index is -0.767. The minimum Gasteiger partial charge on any atom is -0.436 e. The van der Waals surface area contributed by atoms with E-state index >= 15 is 0 Å². The molecule has 0 saturated carbocycles. The molecule has 0 saturated heterocycles. The van der Waals surface area contributed by atoms with Crippen LogP contribution in [0.1, 0.15) is 10.4 Å². The van der Waals surface area contributed by atoms with Crippen molar-refractivity contribution in [2.75, 3.05) is 0 Å². The molecule has 9 nitrogen and oxygen atoms in total. The summed E-state index contributed by atoms with van der Waals surface area (Å²) < 4.78 is 5.54. The van der Waals surface area contributed by atoms with Gasteiger partial charge in [0.05, 0.1) is 4.92 Å². The summed E-state index contributed by atoms with van der Waals surface area (Å²) in [4.78, 5) is 28.7. The van der Waals surface area contributed by atoms with Gasteiger partial charge in [-0.3, -0.25) is 14.9 Å². The molecule has 1 aromatic heterocycles. The second-order valence-corrected chi connectivity index (χ2v) is 4.47. The number of amides is 1. The Morgan fingerprint density at radius 1 is 1.30 bits per heavy atom. The summed E-state index contributed by atoms with van der Waals surface area (Å²) in [6, 6.07) is 10.3. The van der Waals surface area contributed by atoms with Gasteiger partial charge in [-0.2, -0.15) is 0 Å². The van der Waals surface area contributed by atoms with Crippen molar-refractivity contribution in [3.8, 4) is 11.5 Å². The van der Waals surface area contributed by atoms with E-state index in [2.05, 4.69) is 15.0 Å². The van der Waals surface area contributed by atoms with Gasteiger partial charge in [-0.15, -0.1) is 0 Å². The van der Waals surface area contributed by atoms with Crippen LogP contribution in [0.5, 0.6) is 0 Å². The Morgan fingerprint density at radius 3 is 2.83 bits per heavy atom. The van der Waals surface area contributed by atoms with E-state index in [4.69, 9.17) is 9.95 Å².